The van der Waals surface area contributed by atoms with Gasteiger partial charge in [-0.1, -0.05) is 6.92 Å². The minimum Gasteiger partial charge on any atom is -0.486 e. The van der Waals surface area contributed by atoms with Gasteiger partial charge in [0.15, 0.2) is 21.3 Å². The molecule has 1 aromatic rings. The van der Waals surface area contributed by atoms with Gasteiger partial charge < -0.3 is 14.8 Å². The molecule has 1 aromatic carbocycles. The normalized spacial score (nSPS) is 21.2. The summed E-state index contributed by atoms with van der Waals surface area (Å²) in [5.41, 5.74) is 0. The van der Waals surface area contributed by atoms with Gasteiger partial charge >= 0.3 is 0 Å². The summed E-state index contributed by atoms with van der Waals surface area (Å²) in [6.07, 6.45) is 0.342. The summed E-state index contributed by atoms with van der Waals surface area (Å²) in [5, 5.41) is 2.60. The van der Waals surface area contributed by atoms with Crippen LogP contribution in [-0.2, 0) is 24.7 Å². The molecule has 1 fully saturated rings. The molecular weight excluding hydrogens is 396 g/mol. The summed E-state index contributed by atoms with van der Waals surface area (Å²) < 4.78 is 60.6. The minimum absolute atomic E-state index is 0.00449. The molecule has 2 heterocycles. The first kappa shape index (κ1) is 19.9. The maximum absolute atomic E-state index is 12.9. The van der Waals surface area contributed by atoms with Crippen LogP contribution < -0.4 is 14.8 Å². The van der Waals surface area contributed by atoms with Gasteiger partial charge in [0.25, 0.3) is 0 Å². The molecule has 3 rings (SSSR count). The highest BCUT2D eigenvalue weighted by Gasteiger charge is 2.31. The molecule has 2 aliphatic heterocycles. The SMILES string of the molecule is CCN(CC(=O)N[C@@H]1CCS(=O)(=O)C1)S(=O)(=O)c1ccc2c(c1)OCCO2. The van der Waals surface area contributed by atoms with Crippen LogP contribution in [0, 0.1) is 0 Å². The summed E-state index contributed by atoms with van der Waals surface area (Å²) in [7, 11) is -7.05. The number of nitrogens with zero attached hydrogens (tertiary/aromatic N) is 1. The zero-order valence-electron chi connectivity index (χ0n) is 14.9. The first-order valence-electron chi connectivity index (χ1n) is 8.61. The Balaban J connectivity index is 1.71. The fraction of sp³-hybridized carbons (Fsp3) is 0.562. The molecular formula is C16H22N2O7S2. The lowest BCUT2D eigenvalue weighted by Gasteiger charge is -2.23. The molecule has 0 aromatic heterocycles. The Morgan fingerprint density at radius 1 is 1.26 bits per heavy atom. The Hall–Kier alpha value is -1.85. The van der Waals surface area contributed by atoms with E-state index in [1.165, 1.54) is 18.2 Å². The van der Waals surface area contributed by atoms with Gasteiger partial charge in [0, 0.05) is 18.7 Å². The van der Waals surface area contributed by atoms with Crippen molar-refractivity contribution in [1.29, 1.82) is 0 Å². The molecule has 0 radical (unpaired) electrons. The molecule has 0 spiro atoms. The first-order chi connectivity index (χ1) is 12.7. The number of sulfone groups is 1. The summed E-state index contributed by atoms with van der Waals surface area (Å²) in [6, 6.07) is 3.85. The molecule has 0 aliphatic carbocycles. The lowest BCUT2D eigenvalue weighted by atomic mass is 10.2. The largest absolute Gasteiger partial charge is 0.486 e. The van der Waals surface area contributed by atoms with Crippen molar-refractivity contribution in [3.05, 3.63) is 18.2 Å². The van der Waals surface area contributed by atoms with E-state index in [1.807, 2.05) is 0 Å². The standard InChI is InChI=1S/C16H22N2O7S2/c1-2-18(10-16(19)17-12-5-8-26(20,21)11-12)27(22,23)13-3-4-14-15(9-13)25-7-6-24-14/h3-4,9,12H,2,5-8,10-11H2,1H3,(H,17,19)/t12-/m1/s1. The minimum atomic E-state index is -3.92. The smallest absolute Gasteiger partial charge is 0.243 e. The van der Waals surface area contributed by atoms with Gasteiger partial charge in [0.05, 0.1) is 22.9 Å². The van der Waals surface area contributed by atoms with Crippen LogP contribution in [0.15, 0.2) is 23.1 Å². The Morgan fingerprint density at radius 2 is 1.96 bits per heavy atom. The molecule has 1 N–H and O–H groups in total. The molecule has 11 heteroatoms. The second-order valence-electron chi connectivity index (χ2n) is 6.40. The van der Waals surface area contributed by atoms with Gasteiger partial charge in [-0.05, 0) is 18.6 Å². The van der Waals surface area contributed by atoms with E-state index >= 15 is 0 Å². The van der Waals surface area contributed by atoms with Crippen LogP contribution in [0.5, 0.6) is 11.5 Å². The lowest BCUT2D eigenvalue weighted by molar-refractivity contribution is -0.121. The average molecular weight is 418 g/mol. The fourth-order valence-corrected chi connectivity index (χ4v) is 6.14. The van der Waals surface area contributed by atoms with Crippen molar-refractivity contribution in [2.75, 3.05) is 37.8 Å². The van der Waals surface area contributed by atoms with Gasteiger partial charge in [-0.3, -0.25) is 4.79 Å². The van der Waals surface area contributed by atoms with Crippen molar-refractivity contribution in [2.24, 2.45) is 0 Å². The molecule has 0 saturated carbocycles. The quantitative estimate of drug-likeness (QED) is 0.678. The first-order valence-corrected chi connectivity index (χ1v) is 11.9. The molecule has 0 unspecified atom stereocenters. The second-order valence-corrected chi connectivity index (χ2v) is 10.6. The van der Waals surface area contributed by atoms with Crippen molar-refractivity contribution >= 4 is 25.8 Å². The van der Waals surface area contributed by atoms with E-state index < -0.39 is 31.8 Å². The summed E-state index contributed by atoms with van der Waals surface area (Å²) in [6.45, 7) is 2.07. The van der Waals surface area contributed by atoms with Crippen LogP contribution in [0.2, 0.25) is 0 Å². The number of rotatable bonds is 6. The molecule has 1 saturated heterocycles. The molecule has 27 heavy (non-hydrogen) atoms. The highest BCUT2D eigenvalue weighted by Crippen LogP contribution is 2.33. The van der Waals surface area contributed by atoms with E-state index in [0.717, 1.165) is 4.31 Å². The fourth-order valence-electron chi connectivity index (χ4n) is 3.04. The average Bonchev–Trinajstić information content (AvgIpc) is 2.97. The van der Waals surface area contributed by atoms with E-state index in [4.69, 9.17) is 9.47 Å². The Bertz CT molecular complexity index is 928. The van der Waals surface area contributed by atoms with Crippen LogP contribution in [0.3, 0.4) is 0 Å². The van der Waals surface area contributed by atoms with Gasteiger partial charge in [0.1, 0.15) is 13.2 Å². The van der Waals surface area contributed by atoms with Crippen LogP contribution in [0.4, 0.5) is 0 Å². The van der Waals surface area contributed by atoms with Gasteiger partial charge in [-0.25, -0.2) is 16.8 Å². The third kappa shape index (κ3) is 4.53. The predicted octanol–water partition coefficient (Wildman–Crippen LogP) is -0.228. The number of ether oxygens (including phenoxy) is 2. The molecule has 1 amide bonds. The van der Waals surface area contributed by atoms with E-state index in [9.17, 15) is 21.6 Å². The molecule has 2 aliphatic rings. The number of likely N-dealkylation sites (N-methyl/N-ethyl adjacent to an activating group) is 1. The molecule has 1 atom stereocenters. The number of hydrogen-bond acceptors (Lipinski definition) is 7. The van der Waals surface area contributed by atoms with Crippen molar-refractivity contribution < 1.29 is 31.1 Å². The maximum atomic E-state index is 12.9. The number of benzene rings is 1. The van der Waals surface area contributed by atoms with E-state index in [1.54, 1.807) is 6.92 Å². The Morgan fingerprint density at radius 3 is 2.59 bits per heavy atom. The molecule has 0 bridgehead atoms. The highest BCUT2D eigenvalue weighted by molar-refractivity contribution is 7.91. The Kier molecular flexibility index (Phi) is 5.63. The third-order valence-corrected chi connectivity index (χ3v) is 8.11. The maximum Gasteiger partial charge on any atom is 0.243 e. The summed E-state index contributed by atoms with van der Waals surface area (Å²) >= 11 is 0. The van der Waals surface area contributed by atoms with Crippen LogP contribution in [0.1, 0.15) is 13.3 Å². The topological polar surface area (TPSA) is 119 Å². The van der Waals surface area contributed by atoms with Crippen LogP contribution in [0.25, 0.3) is 0 Å². The number of nitrogens with one attached hydrogen (secondary N) is 1. The van der Waals surface area contributed by atoms with Crippen LogP contribution in [-0.4, -0.2) is 70.9 Å². The number of carbonyl (C=O) groups is 1. The molecule has 9 nitrogen and oxygen atoms in total. The van der Waals surface area contributed by atoms with Crippen molar-refractivity contribution in [3.8, 4) is 11.5 Å². The number of amides is 1. The van der Waals surface area contributed by atoms with Crippen molar-refractivity contribution in [3.63, 3.8) is 0 Å². The lowest BCUT2D eigenvalue weighted by Crippen LogP contribution is -2.44. The van der Waals surface area contributed by atoms with E-state index in [2.05, 4.69) is 5.32 Å². The van der Waals surface area contributed by atoms with Crippen molar-refractivity contribution in [1.82, 2.24) is 9.62 Å². The number of fused-ring (bicyclic) bond motifs is 1. The zero-order chi connectivity index (χ0) is 19.7. The van der Waals surface area contributed by atoms with Crippen LogP contribution >= 0.6 is 0 Å². The van der Waals surface area contributed by atoms with Gasteiger partial charge in [-0.15, -0.1) is 0 Å². The Labute approximate surface area is 158 Å². The number of carbonyl (C=O) groups excluding carboxylic acids is 1. The van der Waals surface area contributed by atoms with E-state index in [0.29, 0.717) is 31.1 Å². The second kappa shape index (κ2) is 7.64. The summed E-state index contributed by atoms with van der Waals surface area (Å²) in [5.74, 6) is 0.215. The van der Waals surface area contributed by atoms with E-state index in [-0.39, 0.29) is 29.5 Å². The third-order valence-electron chi connectivity index (χ3n) is 4.42. The predicted molar refractivity (Wildman–Crippen MR) is 97.1 cm³/mol. The zero-order valence-corrected chi connectivity index (χ0v) is 16.5. The van der Waals surface area contributed by atoms with Crippen molar-refractivity contribution in [2.45, 2.75) is 24.3 Å². The van der Waals surface area contributed by atoms with Gasteiger partial charge in [-0.2, -0.15) is 4.31 Å². The van der Waals surface area contributed by atoms with Gasteiger partial charge in [0.2, 0.25) is 15.9 Å². The highest BCUT2D eigenvalue weighted by atomic mass is 32.2. The monoisotopic (exact) mass is 418 g/mol. The molecule has 150 valence electrons. The number of hydrogen-bond donors (Lipinski definition) is 1. The summed E-state index contributed by atoms with van der Waals surface area (Å²) in [4.78, 5) is 12.2. The number of sulfonamides is 1.